The monoisotopic (exact) mass is 324 g/mol. The van der Waals surface area contributed by atoms with Gasteiger partial charge in [0.15, 0.2) is 5.82 Å². The van der Waals surface area contributed by atoms with E-state index < -0.39 is 0 Å². The van der Waals surface area contributed by atoms with Gasteiger partial charge in [-0.05, 0) is 29.9 Å². The van der Waals surface area contributed by atoms with Crippen LogP contribution in [0, 0.1) is 4.77 Å². The van der Waals surface area contributed by atoms with Crippen molar-refractivity contribution in [2.75, 3.05) is 0 Å². The molecule has 0 aliphatic carbocycles. The van der Waals surface area contributed by atoms with Gasteiger partial charge in [-0.2, -0.15) is 14.9 Å². The lowest BCUT2D eigenvalue weighted by molar-refractivity contribution is 0.695. The Labute approximate surface area is 119 Å². The maximum Gasteiger partial charge on any atom is 0.216 e. The number of aromatic nitrogens is 3. The van der Waals surface area contributed by atoms with Gasteiger partial charge >= 0.3 is 0 Å². The Bertz CT molecular complexity index is 610. The van der Waals surface area contributed by atoms with Crippen LogP contribution in [0.3, 0.4) is 0 Å². The van der Waals surface area contributed by atoms with Crippen LogP contribution in [0.4, 0.5) is 0 Å². The first-order valence-corrected chi connectivity index (χ1v) is 6.75. The lowest BCUT2D eigenvalue weighted by Gasteiger charge is -2.02. The number of hydrogen-bond donors (Lipinski definition) is 1. The van der Waals surface area contributed by atoms with Gasteiger partial charge in [-0.15, -0.1) is 0 Å². The van der Waals surface area contributed by atoms with Crippen molar-refractivity contribution < 1.29 is 0 Å². The molecule has 1 heterocycles. The standard InChI is InChI=1S/C12H13BrN4S/c1-8(2)11-15-16-12(18)17(11)14-7-9-3-5-10(13)6-4-9/h3-8H,1-2H3,(H,16,18). The van der Waals surface area contributed by atoms with E-state index in [0.29, 0.717) is 4.77 Å². The van der Waals surface area contributed by atoms with E-state index >= 15 is 0 Å². The predicted octanol–water partition coefficient (Wildman–Crippen LogP) is 3.71. The van der Waals surface area contributed by atoms with Crippen molar-refractivity contribution in [3.8, 4) is 0 Å². The van der Waals surface area contributed by atoms with E-state index in [1.807, 2.05) is 24.3 Å². The molecule has 2 aromatic rings. The molecule has 0 atom stereocenters. The van der Waals surface area contributed by atoms with Gasteiger partial charge in [0.25, 0.3) is 0 Å². The second-order valence-corrected chi connectivity index (χ2v) is 5.45. The molecule has 1 aromatic heterocycles. The minimum absolute atomic E-state index is 0.264. The summed E-state index contributed by atoms with van der Waals surface area (Å²) >= 11 is 8.55. The van der Waals surface area contributed by atoms with Gasteiger partial charge in [0.1, 0.15) is 0 Å². The second-order valence-electron chi connectivity index (χ2n) is 4.15. The summed E-state index contributed by atoms with van der Waals surface area (Å²) < 4.78 is 3.21. The van der Waals surface area contributed by atoms with Crippen molar-refractivity contribution >= 4 is 34.4 Å². The molecular formula is C12H13BrN4S. The first-order valence-electron chi connectivity index (χ1n) is 5.55. The van der Waals surface area contributed by atoms with Crippen LogP contribution in [0.2, 0.25) is 0 Å². The number of aromatic amines is 1. The van der Waals surface area contributed by atoms with Crippen LogP contribution in [-0.4, -0.2) is 21.1 Å². The van der Waals surface area contributed by atoms with Gasteiger partial charge in [0.2, 0.25) is 4.77 Å². The molecule has 0 spiro atoms. The molecule has 0 saturated carbocycles. The summed E-state index contributed by atoms with van der Waals surface area (Å²) in [6.07, 6.45) is 1.77. The van der Waals surface area contributed by atoms with Crippen molar-refractivity contribution in [3.05, 3.63) is 44.9 Å². The maximum absolute atomic E-state index is 5.15. The van der Waals surface area contributed by atoms with E-state index in [1.165, 1.54) is 0 Å². The normalized spacial score (nSPS) is 11.6. The number of rotatable bonds is 3. The van der Waals surface area contributed by atoms with E-state index in [0.717, 1.165) is 15.9 Å². The van der Waals surface area contributed by atoms with Gasteiger partial charge in [-0.25, -0.2) is 0 Å². The summed E-state index contributed by atoms with van der Waals surface area (Å²) in [7, 11) is 0. The van der Waals surface area contributed by atoms with Gasteiger partial charge in [0, 0.05) is 10.4 Å². The molecule has 4 nitrogen and oxygen atoms in total. The topological polar surface area (TPSA) is 46.0 Å². The Kier molecular flexibility index (Phi) is 4.08. The molecule has 2 rings (SSSR count). The predicted molar refractivity (Wildman–Crippen MR) is 78.6 cm³/mol. The molecule has 1 aromatic carbocycles. The van der Waals surface area contributed by atoms with Crippen LogP contribution < -0.4 is 0 Å². The second kappa shape index (κ2) is 5.58. The van der Waals surface area contributed by atoms with Gasteiger partial charge in [0.05, 0.1) is 6.21 Å². The highest BCUT2D eigenvalue weighted by molar-refractivity contribution is 9.10. The summed E-state index contributed by atoms with van der Waals surface area (Å²) in [5, 5.41) is 11.3. The minimum atomic E-state index is 0.264. The quantitative estimate of drug-likeness (QED) is 0.691. The summed E-state index contributed by atoms with van der Waals surface area (Å²) in [6.45, 7) is 4.10. The Morgan fingerprint density at radius 1 is 1.39 bits per heavy atom. The third-order valence-corrected chi connectivity index (χ3v) is 3.18. The molecule has 0 aliphatic rings. The Morgan fingerprint density at radius 2 is 2.06 bits per heavy atom. The van der Waals surface area contributed by atoms with Gasteiger partial charge < -0.3 is 0 Å². The first-order chi connectivity index (χ1) is 8.58. The van der Waals surface area contributed by atoms with Crippen LogP contribution in [0.5, 0.6) is 0 Å². The molecule has 0 aliphatic heterocycles. The molecular weight excluding hydrogens is 312 g/mol. The van der Waals surface area contributed by atoms with E-state index in [9.17, 15) is 0 Å². The number of H-pyrrole nitrogens is 1. The van der Waals surface area contributed by atoms with Gasteiger partial charge in [-0.1, -0.05) is 41.9 Å². The van der Waals surface area contributed by atoms with Crippen molar-refractivity contribution in [1.82, 2.24) is 14.9 Å². The molecule has 0 unspecified atom stereocenters. The number of halogens is 1. The van der Waals surface area contributed by atoms with Gasteiger partial charge in [-0.3, -0.25) is 5.10 Å². The fourth-order valence-corrected chi connectivity index (χ4v) is 1.91. The zero-order chi connectivity index (χ0) is 13.1. The average molecular weight is 325 g/mol. The van der Waals surface area contributed by atoms with E-state index in [-0.39, 0.29) is 5.92 Å². The van der Waals surface area contributed by atoms with Crippen LogP contribution in [0.15, 0.2) is 33.8 Å². The zero-order valence-electron chi connectivity index (χ0n) is 10.1. The number of benzene rings is 1. The number of hydrogen-bond acceptors (Lipinski definition) is 3. The highest BCUT2D eigenvalue weighted by Gasteiger charge is 2.08. The third-order valence-electron chi connectivity index (χ3n) is 2.38. The lowest BCUT2D eigenvalue weighted by Crippen LogP contribution is -2.00. The molecule has 0 radical (unpaired) electrons. The Morgan fingerprint density at radius 3 is 2.67 bits per heavy atom. The molecule has 0 bridgehead atoms. The average Bonchev–Trinajstić information content (AvgIpc) is 2.70. The molecule has 6 heteroatoms. The molecule has 1 N–H and O–H groups in total. The van der Waals surface area contributed by atoms with Crippen LogP contribution in [0.1, 0.15) is 31.2 Å². The summed E-state index contributed by atoms with van der Waals surface area (Å²) in [6, 6.07) is 7.90. The summed E-state index contributed by atoms with van der Waals surface area (Å²) in [5.41, 5.74) is 1.01. The number of nitrogens with zero attached hydrogens (tertiary/aromatic N) is 3. The third kappa shape index (κ3) is 2.94. The summed E-state index contributed by atoms with van der Waals surface area (Å²) in [4.78, 5) is 0. The van der Waals surface area contributed by atoms with E-state index in [4.69, 9.17) is 12.2 Å². The SMILES string of the molecule is CC(C)c1n[nH]c(=S)n1N=Cc1ccc(Br)cc1. The molecule has 0 amide bonds. The highest BCUT2D eigenvalue weighted by Crippen LogP contribution is 2.12. The fourth-order valence-electron chi connectivity index (χ4n) is 1.46. The Hall–Kier alpha value is -1.27. The number of nitrogens with one attached hydrogen (secondary N) is 1. The zero-order valence-corrected chi connectivity index (χ0v) is 12.5. The molecule has 94 valence electrons. The fraction of sp³-hybridized carbons (Fsp3) is 0.250. The van der Waals surface area contributed by atoms with E-state index in [1.54, 1.807) is 10.9 Å². The van der Waals surface area contributed by atoms with Crippen LogP contribution in [-0.2, 0) is 0 Å². The highest BCUT2D eigenvalue weighted by atomic mass is 79.9. The van der Waals surface area contributed by atoms with Crippen LogP contribution >= 0.6 is 28.1 Å². The largest absolute Gasteiger partial charge is 0.250 e. The summed E-state index contributed by atoms with van der Waals surface area (Å²) in [5.74, 6) is 1.09. The minimum Gasteiger partial charge on any atom is -0.250 e. The van der Waals surface area contributed by atoms with Crippen molar-refractivity contribution in [2.45, 2.75) is 19.8 Å². The first kappa shape index (κ1) is 13.2. The smallest absolute Gasteiger partial charge is 0.216 e. The van der Waals surface area contributed by atoms with Crippen molar-refractivity contribution in [2.24, 2.45) is 5.10 Å². The van der Waals surface area contributed by atoms with Crippen LogP contribution in [0.25, 0.3) is 0 Å². The molecule has 18 heavy (non-hydrogen) atoms. The Balaban J connectivity index is 2.31. The van der Waals surface area contributed by atoms with E-state index in [2.05, 4.69) is 45.1 Å². The molecule has 0 saturated heterocycles. The lowest BCUT2D eigenvalue weighted by atomic mass is 10.2. The van der Waals surface area contributed by atoms with Crippen molar-refractivity contribution in [3.63, 3.8) is 0 Å². The molecule has 0 fully saturated rings. The maximum atomic E-state index is 5.15. The van der Waals surface area contributed by atoms with Crippen molar-refractivity contribution in [1.29, 1.82) is 0 Å².